The van der Waals surface area contributed by atoms with Gasteiger partial charge in [0.25, 0.3) is 5.91 Å². The summed E-state index contributed by atoms with van der Waals surface area (Å²) < 4.78 is 36.5. The van der Waals surface area contributed by atoms with E-state index in [4.69, 9.17) is 14.5 Å². The standard InChI is InChI=1S/C29H28N6O5S/c36-29(19-2-3-21-18-39-10-11-41(37,38)26(21)12-19)32-16-22-13-23-20(15-30-22)4-5-27(33-23)35-8-9-40-25-14-28(31-17-24(25)35)34-6-1-7-34/h2-5,12-15,17H,1,6-11,16,18H2,(H,32,36). The fraction of sp³-hybridized carbons (Fsp3) is 0.310. The molecule has 11 nitrogen and oxygen atoms in total. The van der Waals surface area contributed by atoms with E-state index in [-0.39, 0.29) is 41.9 Å². The van der Waals surface area contributed by atoms with E-state index in [0.29, 0.717) is 24.4 Å². The minimum Gasteiger partial charge on any atom is -0.489 e. The second-order valence-corrected chi connectivity index (χ2v) is 12.3. The summed E-state index contributed by atoms with van der Waals surface area (Å²) in [5.74, 6) is 2.02. The third-order valence-corrected chi connectivity index (χ3v) is 9.37. The third kappa shape index (κ3) is 4.93. The molecule has 0 spiro atoms. The number of nitrogens with one attached hydrogen (secondary N) is 1. The van der Waals surface area contributed by atoms with E-state index in [1.54, 1.807) is 18.3 Å². The second-order valence-electron chi connectivity index (χ2n) is 10.3. The first-order chi connectivity index (χ1) is 19.9. The summed E-state index contributed by atoms with van der Waals surface area (Å²) in [5.41, 5.74) is 3.09. The fourth-order valence-electron chi connectivity index (χ4n) is 5.19. The molecule has 210 valence electrons. The molecule has 3 aliphatic heterocycles. The summed E-state index contributed by atoms with van der Waals surface area (Å²) in [7, 11) is -3.51. The SMILES string of the molecule is O=C(NCc1cc2nc(N3CCOc4cc(N5CCC5)ncc43)ccc2cn1)c1ccc2c(c1)S(=O)(=O)CCOC2. The van der Waals surface area contributed by atoms with Crippen molar-refractivity contribution < 1.29 is 22.7 Å². The molecule has 6 heterocycles. The zero-order valence-corrected chi connectivity index (χ0v) is 23.1. The Labute approximate surface area is 237 Å². The van der Waals surface area contributed by atoms with Crippen LogP contribution in [0.5, 0.6) is 5.75 Å². The molecule has 1 saturated heterocycles. The van der Waals surface area contributed by atoms with Gasteiger partial charge in [-0.1, -0.05) is 6.07 Å². The highest BCUT2D eigenvalue weighted by Gasteiger charge is 2.25. The zero-order valence-electron chi connectivity index (χ0n) is 22.2. The summed E-state index contributed by atoms with van der Waals surface area (Å²) >= 11 is 0. The molecule has 3 aliphatic rings. The molecule has 1 aromatic carbocycles. The van der Waals surface area contributed by atoms with Crippen molar-refractivity contribution in [2.24, 2.45) is 0 Å². The van der Waals surface area contributed by atoms with Crippen molar-refractivity contribution in [1.29, 1.82) is 0 Å². The molecule has 4 aromatic rings. The van der Waals surface area contributed by atoms with Gasteiger partial charge < -0.3 is 24.6 Å². The molecule has 0 unspecified atom stereocenters. The van der Waals surface area contributed by atoms with Crippen molar-refractivity contribution in [2.45, 2.75) is 24.5 Å². The van der Waals surface area contributed by atoms with Crippen molar-refractivity contribution in [3.63, 3.8) is 0 Å². The van der Waals surface area contributed by atoms with Crippen LogP contribution in [0.1, 0.15) is 28.0 Å². The van der Waals surface area contributed by atoms with Gasteiger partial charge in [0.05, 0.1) is 54.4 Å². The van der Waals surface area contributed by atoms with Gasteiger partial charge >= 0.3 is 0 Å². The van der Waals surface area contributed by atoms with Gasteiger partial charge in [0, 0.05) is 36.3 Å². The van der Waals surface area contributed by atoms with Crippen LogP contribution < -0.4 is 19.9 Å². The topological polar surface area (TPSA) is 127 Å². The van der Waals surface area contributed by atoms with E-state index in [9.17, 15) is 13.2 Å². The van der Waals surface area contributed by atoms with Gasteiger partial charge in [0.15, 0.2) is 9.84 Å². The van der Waals surface area contributed by atoms with Crippen molar-refractivity contribution in [1.82, 2.24) is 20.3 Å². The lowest BCUT2D eigenvalue weighted by molar-refractivity contribution is 0.0950. The average molecular weight is 573 g/mol. The molecule has 7 rings (SSSR count). The molecule has 1 N–H and O–H groups in total. The molecule has 12 heteroatoms. The first kappa shape index (κ1) is 25.7. The molecule has 0 aliphatic carbocycles. The lowest BCUT2D eigenvalue weighted by Crippen LogP contribution is -2.38. The van der Waals surface area contributed by atoms with Crippen LogP contribution in [-0.2, 0) is 27.7 Å². The number of pyridine rings is 3. The zero-order chi connectivity index (χ0) is 28.0. The highest BCUT2D eigenvalue weighted by Crippen LogP contribution is 2.38. The summed E-state index contributed by atoms with van der Waals surface area (Å²) in [4.78, 5) is 31.4. The number of nitrogens with zero attached hydrogens (tertiary/aromatic N) is 5. The Bertz CT molecular complexity index is 1780. The molecule has 0 radical (unpaired) electrons. The highest BCUT2D eigenvalue weighted by molar-refractivity contribution is 7.91. The second kappa shape index (κ2) is 10.3. The number of fused-ring (bicyclic) bond motifs is 3. The van der Waals surface area contributed by atoms with Crippen LogP contribution >= 0.6 is 0 Å². The number of hydrogen-bond donors (Lipinski definition) is 1. The Kier molecular flexibility index (Phi) is 6.43. The van der Waals surface area contributed by atoms with E-state index in [1.165, 1.54) is 12.5 Å². The number of sulfone groups is 1. The fourth-order valence-corrected chi connectivity index (χ4v) is 6.58. The number of aromatic nitrogens is 3. The van der Waals surface area contributed by atoms with E-state index in [2.05, 4.69) is 25.1 Å². The number of carbonyl (C=O) groups excluding carboxylic acids is 1. The number of ether oxygens (including phenoxy) is 2. The van der Waals surface area contributed by atoms with Crippen LogP contribution in [0.15, 0.2) is 59.8 Å². The predicted molar refractivity (Wildman–Crippen MR) is 152 cm³/mol. The van der Waals surface area contributed by atoms with Crippen LogP contribution in [0.3, 0.4) is 0 Å². The molecular formula is C29H28N6O5S. The van der Waals surface area contributed by atoms with Crippen LogP contribution in [-0.4, -0.2) is 67.9 Å². The maximum atomic E-state index is 12.9. The Balaban J connectivity index is 1.10. The van der Waals surface area contributed by atoms with Gasteiger partial charge in [-0.2, -0.15) is 0 Å². The molecule has 1 amide bonds. The van der Waals surface area contributed by atoms with E-state index in [1.807, 2.05) is 30.5 Å². The highest BCUT2D eigenvalue weighted by atomic mass is 32.2. The van der Waals surface area contributed by atoms with Crippen LogP contribution in [0.2, 0.25) is 0 Å². The average Bonchev–Trinajstić information content (AvgIpc) is 3.11. The smallest absolute Gasteiger partial charge is 0.251 e. The molecule has 0 atom stereocenters. The Morgan fingerprint density at radius 3 is 2.73 bits per heavy atom. The third-order valence-electron chi connectivity index (χ3n) is 7.62. The van der Waals surface area contributed by atoms with Gasteiger partial charge in [-0.15, -0.1) is 0 Å². The molecular weight excluding hydrogens is 544 g/mol. The summed E-state index contributed by atoms with van der Waals surface area (Å²) in [5, 5.41) is 3.73. The Hall–Kier alpha value is -4.29. The molecule has 0 bridgehead atoms. The summed E-state index contributed by atoms with van der Waals surface area (Å²) in [6.07, 6.45) is 4.76. The normalized spacial score (nSPS) is 17.6. The number of amides is 1. The number of carbonyl (C=O) groups is 1. The lowest BCUT2D eigenvalue weighted by Gasteiger charge is -2.34. The summed E-state index contributed by atoms with van der Waals surface area (Å²) in [6.45, 7) is 3.73. The van der Waals surface area contributed by atoms with Gasteiger partial charge in [0.1, 0.15) is 29.7 Å². The van der Waals surface area contributed by atoms with Gasteiger partial charge in [-0.3, -0.25) is 9.78 Å². The predicted octanol–water partition coefficient (Wildman–Crippen LogP) is 3.00. The quantitative estimate of drug-likeness (QED) is 0.381. The maximum Gasteiger partial charge on any atom is 0.251 e. The Morgan fingerprint density at radius 2 is 1.88 bits per heavy atom. The van der Waals surface area contributed by atoms with Crippen molar-refractivity contribution >= 4 is 44.0 Å². The van der Waals surface area contributed by atoms with E-state index >= 15 is 0 Å². The van der Waals surface area contributed by atoms with Gasteiger partial charge in [0.2, 0.25) is 0 Å². The monoisotopic (exact) mass is 572 g/mol. The van der Waals surface area contributed by atoms with Crippen molar-refractivity contribution in [2.75, 3.05) is 48.4 Å². The van der Waals surface area contributed by atoms with Crippen molar-refractivity contribution in [3.05, 3.63) is 71.7 Å². The summed E-state index contributed by atoms with van der Waals surface area (Å²) in [6, 6.07) is 12.5. The molecule has 0 saturated carbocycles. The van der Waals surface area contributed by atoms with E-state index in [0.717, 1.165) is 47.1 Å². The minimum absolute atomic E-state index is 0.104. The van der Waals surface area contributed by atoms with Crippen LogP contribution in [0.25, 0.3) is 10.9 Å². The molecule has 3 aromatic heterocycles. The van der Waals surface area contributed by atoms with Crippen LogP contribution in [0.4, 0.5) is 17.3 Å². The number of hydrogen-bond acceptors (Lipinski definition) is 10. The first-order valence-corrected chi connectivity index (χ1v) is 15.2. The van der Waals surface area contributed by atoms with E-state index < -0.39 is 9.84 Å². The van der Waals surface area contributed by atoms with Gasteiger partial charge in [-0.05, 0) is 42.3 Å². The largest absolute Gasteiger partial charge is 0.489 e. The maximum absolute atomic E-state index is 12.9. The minimum atomic E-state index is -3.51. The number of anilines is 3. The Morgan fingerprint density at radius 1 is 0.976 bits per heavy atom. The number of benzene rings is 1. The first-order valence-electron chi connectivity index (χ1n) is 13.6. The molecule has 41 heavy (non-hydrogen) atoms. The molecule has 1 fully saturated rings. The van der Waals surface area contributed by atoms with Crippen molar-refractivity contribution in [3.8, 4) is 5.75 Å². The number of rotatable bonds is 5. The van der Waals surface area contributed by atoms with Crippen LogP contribution in [0, 0.1) is 0 Å². The van der Waals surface area contributed by atoms with Gasteiger partial charge in [-0.25, -0.2) is 18.4 Å². The lowest BCUT2D eigenvalue weighted by atomic mass is 10.1.